The van der Waals surface area contributed by atoms with Gasteiger partial charge in [0.05, 0.1) is 0 Å². The number of aliphatic hydroxyl groups is 2. The van der Waals surface area contributed by atoms with Crippen molar-refractivity contribution in [1.29, 1.82) is 0 Å². The number of aliphatic hydroxyl groups excluding tert-OH is 1. The Kier molecular flexibility index (Phi) is 21.0. The van der Waals surface area contributed by atoms with Crippen LogP contribution >= 0.6 is 17.2 Å². The number of hydrogen-bond acceptors (Lipinski definition) is 4. The van der Waals surface area contributed by atoms with Gasteiger partial charge in [0.1, 0.15) is 0 Å². The summed E-state index contributed by atoms with van der Waals surface area (Å²) >= 11 is 0. The topological polar surface area (TPSA) is 63.9 Å². The van der Waals surface area contributed by atoms with Crippen LogP contribution in [0, 0.1) is 0 Å². The van der Waals surface area contributed by atoms with Gasteiger partial charge in [0.2, 0.25) is 6.41 Å². The second-order valence-electron chi connectivity index (χ2n) is 6.14. The predicted molar refractivity (Wildman–Crippen MR) is 100.0 cm³/mol. The number of hydroxylamine groups is 2. The van der Waals surface area contributed by atoms with Crippen LogP contribution in [-0.2, 0) is 21.1 Å². The molecule has 0 aromatic rings. The number of rotatable bonds is 3. The summed E-state index contributed by atoms with van der Waals surface area (Å²) in [5.74, 6) is 0. The molecule has 2 saturated carbocycles. The van der Waals surface area contributed by atoms with E-state index in [0.717, 1.165) is 39.9 Å². The Labute approximate surface area is 161 Å². The van der Waals surface area contributed by atoms with Gasteiger partial charge in [-0.3, -0.25) is 0 Å². The monoisotopic (exact) mass is 548 g/mol. The van der Waals surface area contributed by atoms with Crippen LogP contribution in [0.15, 0.2) is 0 Å². The van der Waals surface area contributed by atoms with E-state index in [1.807, 2.05) is 0 Å². The molecule has 0 aromatic carbocycles. The first-order valence-corrected chi connectivity index (χ1v) is 12.2. The average Bonchev–Trinajstić information content (AvgIpc) is 2.57. The van der Waals surface area contributed by atoms with Crippen LogP contribution in [0.5, 0.6) is 0 Å². The van der Waals surface area contributed by atoms with Gasteiger partial charge < -0.3 is 15.4 Å². The molecule has 23 heavy (non-hydrogen) atoms. The van der Waals surface area contributed by atoms with Crippen LogP contribution in [0.4, 0.5) is 0 Å². The molecule has 1 atom stereocenters. The summed E-state index contributed by atoms with van der Waals surface area (Å²) in [6.07, 6.45) is 10.9. The van der Waals surface area contributed by atoms with Gasteiger partial charge in [-0.15, -0.1) is 22.2 Å². The molecule has 2 aliphatic carbocycles. The van der Waals surface area contributed by atoms with Crippen molar-refractivity contribution in [2.45, 2.75) is 82.3 Å². The minimum atomic E-state index is -1.72. The van der Waals surface area contributed by atoms with Gasteiger partial charge in [0.25, 0.3) is 0 Å². The van der Waals surface area contributed by atoms with E-state index in [2.05, 4.69) is 20.0 Å². The Morgan fingerprint density at radius 2 is 1.22 bits per heavy atom. The summed E-state index contributed by atoms with van der Waals surface area (Å²) in [6, 6.07) is -0.0660. The summed E-state index contributed by atoms with van der Waals surface area (Å²) in [6.45, 7) is 6.65. The van der Waals surface area contributed by atoms with E-state index in [9.17, 15) is 0 Å². The van der Waals surface area contributed by atoms with Crippen LogP contribution in [0.3, 0.4) is 0 Å². The second kappa shape index (κ2) is 18.2. The SMILES string of the molecule is CPC.CPC1CCCCC1.OC(O)N(O)C1CCCCC1.[Pt]. The van der Waals surface area contributed by atoms with Gasteiger partial charge in [-0.05, 0) is 51.3 Å². The first-order valence-electron chi connectivity index (χ1n) is 8.65. The molecular formula is C16H37NO3P2Pt. The fourth-order valence-electron chi connectivity index (χ4n) is 2.93. The Bertz CT molecular complexity index is 239. The van der Waals surface area contributed by atoms with E-state index in [1.54, 1.807) is 0 Å². The van der Waals surface area contributed by atoms with Crippen LogP contribution in [0.25, 0.3) is 0 Å². The van der Waals surface area contributed by atoms with Crippen molar-refractivity contribution >= 4 is 17.2 Å². The van der Waals surface area contributed by atoms with Crippen molar-refractivity contribution in [3.05, 3.63) is 0 Å². The molecule has 0 amide bonds. The molecule has 0 aromatic heterocycles. The third-order valence-corrected chi connectivity index (χ3v) is 5.59. The third-order valence-electron chi connectivity index (χ3n) is 4.20. The summed E-state index contributed by atoms with van der Waals surface area (Å²) in [5, 5.41) is 26.9. The van der Waals surface area contributed by atoms with Crippen molar-refractivity contribution in [1.82, 2.24) is 5.06 Å². The zero-order valence-corrected chi connectivity index (χ0v) is 19.2. The average molecular weight is 549 g/mol. The van der Waals surface area contributed by atoms with Crippen LogP contribution < -0.4 is 0 Å². The molecule has 0 radical (unpaired) electrons. The Morgan fingerprint density at radius 3 is 1.52 bits per heavy atom. The van der Waals surface area contributed by atoms with E-state index in [4.69, 9.17) is 15.4 Å². The van der Waals surface area contributed by atoms with E-state index in [1.165, 1.54) is 47.1 Å². The quantitative estimate of drug-likeness (QED) is 0.285. The van der Waals surface area contributed by atoms with Gasteiger partial charge in [-0.1, -0.05) is 38.5 Å². The predicted octanol–water partition coefficient (Wildman–Crippen LogP) is 3.83. The van der Waals surface area contributed by atoms with E-state index in [-0.39, 0.29) is 27.1 Å². The van der Waals surface area contributed by atoms with Gasteiger partial charge in [-0.2, -0.15) is 0 Å². The molecular weight excluding hydrogens is 511 g/mol. The molecule has 2 rings (SSSR count). The zero-order chi connectivity index (χ0) is 16.8. The molecule has 144 valence electrons. The molecule has 3 N–H and O–H groups in total. The van der Waals surface area contributed by atoms with Crippen molar-refractivity contribution in [3.63, 3.8) is 0 Å². The van der Waals surface area contributed by atoms with Gasteiger partial charge in [-0.25, -0.2) is 0 Å². The summed E-state index contributed by atoms with van der Waals surface area (Å²) in [4.78, 5) is 0. The summed E-state index contributed by atoms with van der Waals surface area (Å²) in [7, 11) is 2.29. The van der Waals surface area contributed by atoms with Crippen molar-refractivity contribution < 1.29 is 36.5 Å². The molecule has 0 heterocycles. The smallest absolute Gasteiger partial charge is 0.235 e. The maximum absolute atomic E-state index is 9.08. The Morgan fingerprint density at radius 1 is 0.826 bits per heavy atom. The molecule has 0 aliphatic heterocycles. The van der Waals surface area contributed by atoms with E-state index < -0.39 is 6.41 Å². The number of nitrogens with zero attached hydrogens (tertiary/aromatic N) is 1. The maximum Gasteiger partial charge on any atom is 0.235 e. The van der Waals surface area contributed by atoms with Crippen molar-refractivity contribution in [2.75, 3.05) is 20.0 Å². The molecule has 0 spiro atoms. The van der Waals surface area contributed by atoms with Crippen molar-refractivity contribution in [2.24, 2.45) is 0 Å². The largest absolute Gasteiger partial charge is 0.354 e. The number of hydrogen-bond donors (Lipinski definition) is 3. The summed E-state index contributed by atoms with van der Waals surface area (Å²) < 4.78 is 0. The minimum absolute atomic E-state index is 0. The Balaban J connectivity index is 0. The second-order valence-corrected chi connectivity index (χ2v) is 8.54. The van der Waals surface area contributed by atoms with Crippen LogP contribution in [-0.4, -0.2) is 58.6 Å². The van der Waals surface area contributed by atoms with Crippen molar-refractivity contribution in [3.8, 4) is 0 Å². The van der Waals surface area contributed by atoms with Crippen LogP contribution in [0.2, 0.25) is 0 Å². The first-order chi connectivity index (χ1) is 10.6. The van der Waals surface area contributed by atoms with E-state index >= 15 is 0 Å². The van der Waals surface area contributed by atoms with E-state index in [0.29, 0.717) is 5.06 Å². The molecule has 2 aliphatic rings. The third kappa shape index (κ3) is 14.3. The minimum Gasteiger partial charge on any atom is -0.354 e. The van der Waals surface area contributed by atoms with Gasteiger partial charge in [0.15, 0.2) is 0 Å². The normalized spacial score (nSPS) is 19.8. The fourth-order valence-corrected chi connectivity index (χ4v) is 3.91. The van der Waals surface area contributed by atoms with Gasteiger partial charge >= 0.3 is 0 Å². The molecule has 7 heteroatoms. The van der Waals surface area contributed by atoms with Crippen LogP contribution in [0.1, 0.15) is 64.2 Å². The zero-order valence-electron chi connectivity index (χ0n) is 14.9. The maximum atomic E-state index is 9.08. The molecule has 0 saturated heterocycles. The first kappa shape index (κ1) is 26.6. The summed E-state index contributed by atoms with van der Waals surface area (Å²) in [5.41, 5.74) is 1.11. The standard InChI is InChI=1S/C7H15NO3.C7H15P.C2H7P.Pt/c9-7(10)8(11)6-4-2-1-3-5-6;1-8-7-5-3-2-4-6-7;1-3-2;/h6-7,9-11H,1-5H2;7-8H,2-6H2,1H3;3H,1-2H3;. The molecule has 1 unspecified atom stereocenters. The Hall–Kier alpha value is 1.39. The molecule has 4 nitrogen and oxygen atoms in total. The molecule has 2 fully saturated rings. The van der Waals surface area contributed by atoms with Gasteiger partial charge in [0, 0.05) is 27.1 Å². The fraction of sp³-hybridized carbons (Fsp3) is 1.00. The molecule has 0 bridgehead atoms.